The zero-order valence-corrected chi connectivity index (χ0v) is 15.0. The van der Waals surface area contributed by atoms with E-state index in [9.17, 15) is 14.4 Å². The standard InChI is InChI=1S/C19H24O6/c1-14(10-11-25-15(2)20)12-19(17(21)23-3,18(22)24-4)13-16-8-6-5-7-9-16/h5-10H,11-13H2,1-4H3/b14-10+. The number of rotatable bonds is 8. The van der Waals surface area contributed by atoms with Crippen LogP contribution in [0.25, 0.3) is 0 Å². The van der Waals surface area contributed by atoms with E-state index in [1.165, 1.54) is 21.1 Å². The molecule has 0 heterocycles. The number of hydrogen-bond acceptors (Lipinski definition) is 6. The van der Waals surface area contributed by atoms with Gasteiger partial charge in [-0.05, 0) is 31.4 Å². The van der Waals surface area contributed by atoms with Crippen LogP contribution in [0.3, 0.4) is 0 Å². The number of allylic oxidation sites excluding steroid dienone is 1. The molecule has 0 unspecified atom stereocenters. The lowest BCUT2D eigenvalue weighted by molar-refractivity contribution is -0.169. The highest BCUT2D eigenvalue weighted by Crippen LogP contribution is 2.34. The fourth-order valence-electron chi connectivity index (χ4n) is 2.62. The maximum absolute atomic E-state index is 12.5. The van der Waals surface area contributed by atoms with Crippen LogP contribution in [-0.4, -0.2) is 38.7 Å². The number of ether oxygens (including phenoxy) is 3. The highest BCUT2D eigenvalue weighted by molar-refractivity contribution is 6.00. The molecule has 0 aliphatic heterocycles. The molecule has 0 aliphatic rings. The van der Waals surface area contributed by atoms with Gasteiger partial charge in [0.05, 0.1) is 14.2 Å². The lowest BCUT2D eigenvalue weighted by Gasteiger charge is -2.28. The molecule has 136 valence electrons. The van der Waals surface area contributed by atoms with Gasteiger partial charge in [0.25, 0.3) is 0 Å². The average Bonchev–Trinajstić information content (AvgIpc) is 2.60. The van der Waals surface area contributed by atoms with Crippen LogP contribution in [0.1, 0.15) is 25.8 Å². The Morgan fingerprint density at radius 3 is 2.04 bits per heavy atom. The van der Waals surface area contributed by atoms with Crippen LogP contribution in [0.4, 0.5) is 0 Å². The molecule has 1 aromatic carbocycles. The Labute approximate surface area is 147 Å². The van der Waals surface area contributed by atoms with E-state index >= 15 is 0 Å². The van der Waals surface area contributed by atoms with Gasteiger partial charge >= 0.3 is 17.9 Å². The molecule has 0 radical (unpaired) electrons. The van der Waals surface area contributed by atoms with E-state index in [1.807, 2.05) is 30.3 Å². The molecule has 1 aromatic rings. The number of benzene rings is 1. The van der Waals surface area contributed by atoms with Gasteiger partial charge in [-0.15, -0.1) is 0 Å². The lowest BCUT2D eigenvalue weighted by atomic mass is 9.76. The minimum absolute atomic E-state index is 0.0743. The van der Waals surface area contributed by atoms with Crippen molar-refractivity contribution in [3.63, 3.8) is 0 Å². The summed E-state index contributed by atoms with van der Waals surface area (Å²) in [4.78, 5) is 35.9. The Balaban J connectivity index is 3.17. The molecule has 0 atom stereocenters. The molecule has 0 aliphatic carbocycles. The zero-order valence-electron chi connectivity index (χ0n) is 15.0. The number of carbonyl (C=O) groups excluding carboxylic acids is 3. The first-order valence-corrected chi connectivity index (χ1v) is 7.85. The molecule has 0 N–H and O–H groups in total. The number of carbonyl (C=O) groups is 3. The molecule has 0 saturated heterocycles. The van der Waals surface area contributed by atoms with E-state index in [-0.39, 0.29) is 19.4 Å². The van der Waals surface area contributed by atoms with E-state index < -0.39 is 23.3 Å². The van der Waals surface area contributed by atoms with Crippen molar-refractivity contribution in [2.24, 2.45) is 5.41 Å². The van der Waals surface area contributed by atoms with E-state index in [4.69, 9.17) is 14.2 Å². The van der Waals surface area contributed by atoms with Gasteiger partial charge in [-0.2, -0.15) is 0 Å². The third-order valence-corrected chi connectivity index (χ3v) is 3.80. The Hall–Kier alpha value is -2.63. The quantitative estimate of drug-likeness (QED) is 0.311. The summed E-state index contributed by atoms with van der Waals surface area (Å²) in [6.07, 6.45) is 1.90. The molecule has 1 rings (SSSR count). The van der Waals surface area contributed by atoms with Crippen LogP contribution < -0.4 is 0 Å². The Morgan fingerprint density at radius 2 is 1.56 bits per heavy atom. The minimum Gasteiger partial charge on any atom is -0.468 e. The van der Waals surface area contributed by atoms with Crippen molar-refractivity contribution in [2.75, 3.05) is 20.8 Å². The van der Waals surface area contributed by atoms with E-state index in [1.54, 1.807) is 13.0 Å². The van der Waals surface area contributed by atoms with Crippen molar-refractivity contribution in [1.29, 1.82) is 0 Å². The predicted octanol–water partition coefficient (Wildman–Crippen LogP) is 2.46. The van der Waals surface area contributed by atoms with Gasteiger partial charge in [-0.3, -0.25) is 14.4 Å². The van der Waals surface area contributed by atoms with Crippen LogP contribution in [0.5, 0.6) is 0 Å². The Morgan fingerprint density at radius 1 is 1.00 bits per heavy atom. The monoisotopic (exact) mass is 348 g/mol. The van der Waals surface area contributed by atoms with E-state index in [0.717, 1.165) is 5.56 Å². The molecule has 6 nitrogen and oxygen atoms in total. The fraction of sp³-hybridized carbons (Fsp3) is 0.421. The SMILES string of the molecule is COC(=O)C(C/C(C)=C/COC(C)=O)(Cc1ccccc1)C(=O)OC. The Kier molecular flexibility index (Phi) is 7.85. The normalized spacial score (nSPS) is 11.6. The first kappa shape index (κ1) is 20.4. The van der Waals surface area contributed by atoms with Crippen molar-refractivity contribution in [2.45, 2.75) is 26.7 Å². The first-order valence-electron chi connectivity index (χ1n) is 7.85. The predicted molar refractivity (Wildman–Crippen MR) is 91.6 cm³/mol. The molecule has 0 fully saturated rings. The second-order valence-corrected chi connectivity index (χ2v) is 5.76. The summed E-state index contributed by atoms with van der Waals surface area (Å²) in [5, 5.41) is 0. The number of methoxy groups -OCH3 is 2. The van der Waals surface area contributed by atoms with Crippen molar-refractivity contribution < 1.29 is 28.6 Å². The van der Waals surface area contributed by atoms with Crippen molar-refractivity contribution in [1.82, 2.24) is 0 Å². The van der Waals surface area contributed by atoms with Gasteiger partial charge in [0.1, 0.15) is 6.61 Å². The molecule has 0 amide bonds. The number of hydrogen-bond donors (Lipinski definition) is 0. The van der Waals surface area contributed by atoms with Crippen LogP contribution in [-0.2, 0) is 35.0 Å². The maximum Gasteiger partial charge on any atom is 0.323 e. The van der Waals surface area contributed by atoms with Crippen molar-refractivity contribution in [3.8, 4) is 0 Å². The van der Waals surface area contributed by atoms with Gasteiger partial charge in [0.2, 0.25) is 0 Å². The second kappa shape index (κ2) is 9.61. The molecule has 0 saturated carbocycles. The van der Waals surface area contributed by atoms with Crippen LogP contribution >= 0.6 is 0 Å². The zero-order chi connectivity index (χ0) is 18.9. The van der Waals surface area contributed by atoms with Crippen LogP contribution in [0.2, 0.25) is 0 Å². The third kappa shape index (κ3) is 5.74. The third-order valence-electron chi connectivity index (χ3n) is 3.80. The smallest absolute Gasteiger partial charge is 0.323 e. The highest BCUT2D eigenvalue weighted by atomic mass is 16.5. The lowest BCUT2D eigenvalue weighted by Crippen LogP contribution is -2.43. The molecule has 0 bridgehead atoms. The largest absolute Gasteiger partial charge is 0.468 e. The van der Waals surface area contributed by atoms with Gasteiger partial charge in [-0.1, -0.05) is 35.9 Å². The topological polar surface area (TPSA) is 78.9 Å². The van der Waals surface area contributed by atoms with E-state index in [0.29, 0.717) is 5.57 Å². The van der Waals surface area contributed by atoms with Crippen LogP contribution in [0.15, 0.2) is 42.0 Å². The van der Waals surface area contributed by atoms with Gasteiger partial charge < -0.3 is 14.2 Å². The first-order chi connectivity index (χ1) is 11.9. The molecule has 0 aromatic heterocycles. The highest BCUT2D eigenvalue weighted by Gasteiger charge is 2.48. The van der Waals surface area contributed by atoms with Crippen molar-refractivity contribution in [3.05, 3.63) is 47.5 Å². The second-order valence-electron chi connectivity index (χ2n) is 5.76. The van der Waals surface area contributed by atoms with E-state index in [2.05, 4.69) is 0 Å². The summed E-state index contributed by atoms with van der Waals surface area (Å²) in [7, 11) is 2.48. The summed E-state index contributed by atoms with van der Waals surface area (Å²) in [6, 6.07) is 9.18. The maximum atomic E-state index is 12.5. The van der Waals surface area contributed by atoms with Crippen LogP contribution in [0, 0.1) is 5.41 Å². The Bertz CT molecular complexity index is 617. The van der Waals surface area contributed by atoms with Gasteiger partial charge in [-0.25, -0.2) is 0 Å². The van der Waals surface area contributed by atoms with Crippen molar-refractivity contribution >= 4 is 17.9 Å². The summed E-state index contributed by atoms with van der Waals surface area (Å²) in [6.45, 7) is 3.14. The summed E-state index contributed by atoms with van der Waals surface area (Å²) >= 11 is 0. The molecule has 6 heteroatoms. The molecular formula is C19H24O6. The summed E-state index contributed by atoms with van der Waals surface area (Å²) < 4.78 is 14.7. The summed E-state index contributed by atoms with van der Waals surface area (Å²) in [5.74, 6) is -1.73. The van der Waals surface area contributed by atoms with Gasteiger partial charge in [0.15, 0.2) is 5.41 Å². The molecular weight excluding hydrogens is 324 g/mol. The molecule has 25 heavy (non-hydrogen) atoms. The number of esters is 3. The summed E-state index contributed by atoms with van der Waals surface area (Å²) in [5.41, 5.74) is 0.0286. The average molecular weight is 348 g/mol. The fourth-order valence-corrected chi connectivity index (χ4v) is 2.62. The minimum atomic E-state index is -1.50. The van der Waals surface area contributed by atoms with Gasteiger partial charge in [0, 0.05) is 6.92 Å². The molecule has 0 spiro atoms.